The molecular formula is C19H23N5O. The highest BCUT2D eigenvalue weighted by molar-refractivity contribution is 5.86. The Balaban J connectivity index is 1.62. The van der Waals surface area contributed by atoms with Crippen LogP contribution < -0.4 is 11.1 Å². The smallest absolute Gasteiger partial charge is 0.241 e. The molecule has 3 rings (SSSR count). The van der Waals surface area contributed by atoms with Crippen LogP contribution in [0.5, 0.6) is 0 Å². The third-order valence-corrected chi connectivity index (χ3v) is 4.88. The van der Waals surface area contributed by atoms with Crippen LogP contribution in [0.15, 0.2) is 36.7 Å². The van der Waals surface area contributed by atoms with Gasteiger partial charge in [0.2, 0.25) is 5.91 Å². The molecule has 1 aromatic heterocycles. The van der Waals surface area contributed by atoms with E-state index >= 15 is 0 Å². The van der Waals surface area contributed by atoms with Crippen LogP contribution in [0.25, 0.3) is 11.1 Å². The predicted molar refractivity (Wildman–Crippen MR) is 95.3 cm³/mol. The summed E-state index contributed by atoms with van der Waals surface area (Å²) in [5, 5.41) is 19.0. The minimum Gasteiger partial charge on any atom is -0.338 e. The maximum atomic E-state index is 12.5. The topological polar surface area (TPSA) is 108 Å². The summed E-state index contributed by atoms with van der Waals surface area (Å²) in [4.78, 5) is 12.5. The van der Waals surface area contributed by atoms with Gasteiger partial charge in [-0.15, -0.1) is 0 Å². The number of H-pyrrole nitrogens is 1. The molecule has 1 aromatic carbocycles. The lowest BCUT2D eigenvalue weighted by atomic mass is 9.81. The van der Waals surface area contributed by atoms with E-state index < -0.39 is 11.6 Å². The minimum atomic E-state index is -0.821. The Morgan fingerprint density at radius 1 is 1.28 bits per heavy atom. The van der Waals surface area contributed by atoms with E-state index in [9.17, 15) is 10.1 Å². The second kappa shape index (κ2) is 7.49. The quantitative estimate of drug-likeness (QED) is 0.778. The van der Waals surface area contributed by atoms with Gasteiger partial charge in [0.05, 0.1) is 17.8 Å². The average Bonchev–Trinajstić information content (AvgIpc) is 3.17. The Bertz CT molecular complexity index is 739. The van der Waals surface area contributed by atoms with E-state index in [0.29, 0.717) is 19.3 Å². The van der Waals surface area contributed by atoms with Crippen LogP contribution in [0.3, 0.4) is 0 Å². The van der Waals surface area contributed by atoms with Gasteiger partial charge < -0.3 is 11.1 Å². The summed E-state index contributed by atoms with van der Waals surface area (Å²) >= 11 is 0. The molecule has 6 heteroatoms. The molecule has 2 aromatic rings. The molecule has 0 unspecified atom stereocenters. The van der Waals surface area contributed by atoms with Gasteiger partial charge in [0.1, 0.15) is 6.04 Å². The molecule has 130 valence electrons. The van der Waals surface area contributed by atoms with Crippen molar-refractivity contribution in [1.29, 1.82) is 5.26 Å². The second-order valence-corrected chi connectivity index (χ2v) is 6.76. The monoisotopic (exact) mass is 337 g/mol. The first-order valence-corrected chi connectivity index (χ1v) is 8.68. The molecule has 0 radical (unpaired) electrons. The van der Waals surface area contributed by atoms with Crippen molar-refractivity contribution in [3.05, 3.63) is 42.2 Å². The molecule has 0 saturated heterocycles. The third-order valence-electron chi connectivity index (χ3n) is 4.88. The zero-order valence-electron chi connectivity index (χ0n) is 14.2. The van der Waals surface area contributed by atoms with Gasteiger partial charge in [0, 0.05) is 18.2 Å². The number of aromatic amines is 1. The lowest BCUT2D eigenvalue weighted by Gasteiger charge is -2.32. The van der Waals surface area contributed by atoms with Crippen LogP contribution in [0, 0.1) is 11.3 Å². The number of hydrogen-bond donors (Lipinski definition) is 3. The lowest BCUT2D eigenvalue weighted by molar-refractivity contribution is -0.127. The Morgan fingerprint density at radius 2 is 2.00 bits per heavy atom. The van der Waals surface area contributed by atoms with Gasteiger partial charge in [-0.05, 0) is 24.0 Å². The van der Waals surface area contributed by atoms with E-state index in [2.05, 4.69) is 21.6 Å². The van der Waals surface area contributed by atoms with Crippen molar-refractivity contribution in [2.24, 2.45) is 5.73 Å². The van der Waals surface area contributed by atoms with Gasteiger partial charge in [-0.25, -0.2) is 0 Å². The van der Waals surface area contributed by atoms with Crippen molar-refractivity contribution in [2.75, 3.05) is 0 Å². The minimum absolute atomic E-state index is 0.200. The van der Waals surface area contributed by atoms with Crippen LogP contribution in [0.2, 0.25) is 0 Å². The Kier molecular flexibility index (Phi) is 5.15. The zero-order valence-corrected chi connectivity index (χ0v) is 14.2. The van der Waals surface area contributed by atoms with Crippen molar-refractivity contribution < 1.29 is 4.79 Å². The van der Waals surface area contributed by atoms with E-state index in [1.165, 1.54) is 0 Å². The largest absolute Gasteiger partial charge is 0.338 e. The number of hydrogen-bond acceptors (Lipinski definition) is 4. The van der Waals surface area contributed by atoms with Crippen molar-refractivity contribution in [2.45, 2.75) is 50.1 Å². The van der Waals surface area contributed by atoms with Gasteiger partial charge in [-0.3, -0.25) is 9.89 Å². The first-order valence-electron chi connectivity index (χ1n) is 8.68. The average molecular weight is 337 g/mol. The van der Waals surface area contributed by atoms with Gasteiger partial charge in [-0.1, -0.05) is 43.5 Å². The highest BCUT2D eigenvalue weighted by atomic mass is 16.2. The van der Waals surface area contributed by atoms with Crippen molar-refractivity contribution in [3.63, 3.8) is 0 Å². The van der Waals surface area contributed by atoms with Crippen LogP contribution in [-0.4, -0.2) is 27.7 Å². The fourth-order valence-electron chi connectivity index (χ4n) is 3.32. The summed E-state index contributed by atoms with van der Waals surface area (Å²) in [6.45, 7) is 0. The maximum absolute atomic E-state index is 12.5. The van der Waals surface area contributed by atoms with E-state index in [4.69, 9.17) is 5.73 Å². The molecule has 1 fully saturated rings. The number of carbonyl (C=O) groups excluding carboxylic acids is 1. The number of nitrogens with zero attached hydrogens (tertiary/aromatic N) is 2. The number of aromatic nitrogens is 2. The molecule has 1 heterocycles. The Hall–Kier alpha value is -2.65. The molecule has 0 spiro atoms. The fourth-order valence-corrected chi connectivity index (χ4v) is 3.32. The van der Waals surface area contributed by atoms with E-state index in [1.54, 1.807) is 6.20 Å². The maximum Gasteiger partial charge on any atom is 0.241 e. The predicted octanol–water partition coefficient (Wildman–Crippen LogP) is 2.29. The number of nitrogens with one attached hydrogen (secondary N) is 2. The van der Waals surface area contributed by atoms with Gasteiger partial charge in [0.25, 0.3) is 0 Å². The first-order chi connectivity index (χ1) is 12.1. The van der Waals surface area contributed by atoms with Gasteiger partial charge in [0.15, 0.2) is 0 Å². The molecular weight excluding hydrogens is 314 g/mol. The lowest BCUT2D eigenvalue weighted by Crippen LogP contribution is -2.57. The first kappa shape index (κ1) is 17.2. The standard InChI is InChI=1S/C19H23N5O/c20-11-17(24-18(25)19(21)8-2-1-3-9-19)10-14-4-6-15(7-5-14)16-12-22-23-13-16/h4-7,12-13,17H,1-3,8-10,21H2,(H,22,23)(H,24,25)/t17-/m0/s1. The van der Waals surface area contributed by atoms with Crippen LogP contribution >= 0.6 is 0 Å². The molecule has 1 saturated carbocycles. The summed E-state index contributed by atoms with van der Waals surface area (Å²) < 4.78 is 0. The fraction of sp³-hybridized carbons (Fsp3) is 0.421. The van der Waals surface area contributed by atoms with Crippen LogP contribution in [-0.2, 0) is 11.2 Å². The van der Waals surface area contributed by atoms with Gasteiger partial charge >= 0.3 is 0 Å². The number of amides is 1. The van der Waals surface area contributed by atoms with Crippen LogP contribution in [0.4, 0.5) is 0 Å². The summed E-state index contributed by atoms with van der Waals surface area (Å²) in [5.41, 5.74) is 8.48. The second-order valence-electron chi connectivity index (χ2n) is 6.76. The molecule has 6 nitrogen and oxygen atoms in total. The Morgan fingerprint density at radius 3 is 2.60 bits per heavy atom. The molecule has 1 atom stereocenters. The third kappa shape index (κ3) is 4.06. The van der Waals surface area contributed by atoms with Crippen molar-refractivity contribution >= 4 is 5.91 Å². The SMILES string of the molecule is N#C[C@H](Cc1ccc(-c2cn[nH]c2)cc1)NC(=O)C1(N)CCCCC1. The molecule has 1 aliphatic rings. The number of nitrogens with two attached hydrogens (primary N) is 1. The van der Waals surface area contributed by atoms with Crippen molar-refractivity contribution in [1.82, 2.24) is 15.5 Å². The molecule has 0 aliphatic heterocycles. The van der Waals surface area contributed by atoms with E-state index in [-0.39, 0.29) is 5.91 Å². The number of rotatable bonds is 5. The summed E-state index contributed by atoms with van der Waals surface area (Å²) in [6.07, 6.45) is 8.50. The summed E-state index contributed by atoms with van der Waals surface area (Å²) in [6, 6.07) is 9.52. The molecule has 25 heavy (non-hydrogen) atoms. The molecule has 4 N–H and O–H groups in total. The van der Waals surface area contributed by atoms with Gasteiger partial charge in [-0.2, -0.15) is 10.4 Å². The van der Waals surface area contributed by atoms with E-state index in [0.717, 1.165) is 36.0 Å². The number of benzene rings is 1. The van der Waals surface area contributed by atoms with Crippen LogP contribution in [0.1, 0.15) is 37.7 Å². The highest BCUT2D eigenvalue weighted by Gasteiger charge is 2.36. The van der Waals surface area contributed by atoms with Crippen molar-refractivity contribution in [3.8, 4) is 17.2 Å². The summed E-state index contributed by atoms with van der Waals surface area (Å²) in [7, 11) is 0. The Labute approximate surface area is 147 Å². The van der Waals surface area contributed by atoms with E-state index in [1.807, 2.05) is 30.5 Å². The highest BCUT2D eigenvalue weighted by Crippen LogP contribution is 2.26. The summed E-state index contributed by atoms with van der Waals surface area (Å²) in [5.74, 6) is -0.200. The number of carbonyl (C=O) groups is 1. The normalized spacial score (nSPS) is 17.4. The molecule has 1 aliphatic carbocycles. The zero-order chi connectivity index (χ0) is 17.7. The number of nitriles is 1. The molecule has 1 amide bonds. The molecule has 0 bridgehead atoms.